The van der Waals surface area contributed by atoms with Gasteiger partial charge in [-0.1, -0.05) is 29.8 Å². The second-order valence-corrected chi connectivity index (χ2v) is 4.29. The van der Waals surface area contributed by atoms with Crippen molar-refractivity contribution in [1.82, 2.24) is 0 Å². The first-order chi connectivity index (χ1) is 7.70. The predicted molar refractivity (Wildman–Crippen MR) is 65.0 cm³/mol. The molecular weight excluding hydrogens is 200 g/mol. The molecule has 1 aromatic rings. The molecule has 1 aliphatic heterocycles. The van der Waals surface area contributed by atoms with E-state index >= 15 is 0 Å². The molecule has 2 heteroatoms. The van der Waals surface area contributed by atoms with Crippen molar-refractivity contribution >= 4 is 5.57 Å². The van der Waals surface area contributed by atoms with Crippen molar-refractivity contribution in [3.8, 4) is 0 Å². The predicted octanol–water partition coefficient (Wildman–Crippen LogP) is 3.55. The Morgan fingerprint density at radius 2 is 1.69 bits per heavy atom. The maximum Gasteiger partial charge on any atom is 0.184 e. The van der Waals surface area contributed by atoms with Crippen LogP contribution >= 0.6 is 0 Å². The summed E-state index contributed by atoms with van der Waals surface area (Å²) in [5.41, 5.74) is 4.99. The van der Waals surface area contributed by atoms with E-state index in [0.29, 0.717) is 13.2 Å². The second-order valence-electron chi connectivity index (χ2n) is 4.29. The Kier molecular flexibility index (Phi) is 3.42. The SMILES string of the molecule is CC(C)=C(C)c1ccccc1C1OCCO1. The van der Waals surface area contributed by atoms with Gasteiger partial charge in [0, 0.05) is 5.56 Å². The third-order valence-electron chi connectivity index (χ3n) is 2.99. The van der Waals surface area contributed by atoms with E-state index in [0.717, 1.165) is 5.56 Å². The van der Waals surface area contributed by atoms with Gasteiger partial charge in [0.05, 0.1) is 13.2 Å². The Bertz CT molecular complexity index is 397. The molecule has 1 aliphatic rings. The zero-order chi connectivity index (χ0) is 11.5. The van der Waals surface area contributed by atoms with E-state index in [1.165, 1.54) is 16.7 Å². The third-order valence-corrected chi connectivity index (χ3v) is 2.99. The topological polar surface area (TPSA) is 18.5 Å². The monoisotopic (exact) mass is 218 g/mol. The lowest BCUT2D eigenvalue weighted by Gasteiger charge is -2.15. The van der Waals surface area contributed by atoms with Gasteiger partial charge in [0.2, 0.25) is 0 Å². The average molecular weight is 218 g/mol. The highest BCUT2D eigenvalue weighted by Crippen LogP contribution is 2.31. The van der Waals surface area contributed by atoms with Gasteiger partial charge < -0.3 is 9.47 Å². The molecule has 1 saturated heterocycles. The molecule has 0 N–H and O–H groups in total. The first-order valence-corrected chi connectivity index (χ1v) is 5.66. The minimum absolute atomic E-state index is 0.189. The van der Waals surface area contributed by atoms with Crippen LogP contribution in [0.1, 0.15) is 38.2 Å². The van der Waals surface area contributed by atoms with Gasteiger partial charge >= 0.3 is 0 Å². The molecule has 0 aromatic heterocycles. The molecule has 0 amide bonds. The summed E-state index contributed by atoms with van der Waals surface area (Å²) < 4.78 is 11.1. The molecule has 2 nitrogen and oxygen atoms in total. The number of hydrogen-bond donors (Lipinski definition) is 0. The number of hydrogen-bond acceptors (Lipinski definition) is 2. The van der Waals surface area contributed by atoms with Crippen LogP contribution in [0, 0.1) is 0 Å². The lowest BCUT2D eigenvalue weighted by molar-refractivity contribution is -0.0442. The Morgan fingerprint density at radius 3 is 2.31 bits per heavy atom. The molecule has 0 aliphatic carbocycles. The summed E-state index contributed by atoms with van der Waals surface area (Å²) in [6.07, 6.45) is -0.189. The van der Waals surface area contributed by atoms with E-state index in [2.05, 4.69) is 39.0 Å². The molecule has 1 fully saturated rings. The zero-order valence-electron chi connectivity index (χ0n) is 10.1. The number of ether oxygens (including phenoxy) is 2. The van der Waals surface area contributed by atoms with Gasteiger partial charge in [-0.25, -0.2) is 0 Å². The quantitative estimate of drug-likeness (QED) is 0.755. The molecular formula is C14H18O2. The summed E-state index contributed by atoms with van der Waals surface area (Å²) in [7, 11) is 0. The van der Waals surface area contributed by atoms with Gasteiger partial charge in [-0.3, -0.25) is 0 Å². The first kappa shape index (κ1) is 11.4. The Balaban J connectivity index is 2.41. The van der Waals surface area contributed by atoms with E-state index < -0.39 is 0 Å². The van der Waals surface area contributed by atoms with Gasteiger partial charge in [0.1, 0.15) is 0 Å². The van der Waals surface area contributed by atoms with Crippen molar-refractivity contribution < 1.29 is 9.47 Å². The van der Waals surface area contributed by atoms with E-state index in [1.807, 2.05) is 6.07 Å². The van der Waals surface area contributed by atoms with Gasteiger partial charge in [0.15, 0.2) is 6.29 Å². The number of allylic oxidation sites excluding steroid dienone is 2. The molecule has 2 rings (SSSR count). The molecule has 0 bridgehead atoms. The van der Waals surface area contributed by atoms with E-state index in [1.54, 1.807) is 0 Å². The van der Waals surface area contributed by atoms with Crippen LogP contribution in [-0.2, 0) is 9.47 Å². The Hall–Kier alpha value is -1.12. The zero-order valence-corrected chi connectivity index (χ0v) is 10.1. The van der Waals surface area contributed by atoms with Gasteiger partial charge in [-0.05, 0) is 31.9 Å². The lowest BCUT2D eigenvalue weighted by atomic mass is 9.97. The largest absolute Gasteiger partial charge is 0.346 e. The molecule has 1 heterocycles. The molecule has 0 unspecified atom stereocenters. The van der Waals surface area contributed by atoms with Crippen molar-refractivity contribution in [3.05, 3.63) is 41.0 Å². The third kappa shape index (κ3) is 2.18. The fraction of sp³-hybridized carbons (Fsp3) is 0.429. The summed E-state index contributed by atoms with van der Waals surface area (Å²) in [6.45, 7) is 7.77. The van der Waals surface area contributed by atoms with Crippen LogP contribution < -0.4 is 0 Å². The molecule has 0 saturated carbocycles. The maximum atomic E-state index is 5.56. The fourth-order valence-electron chi connectivity index (χ4n) is 1.85. The summed E-state index contributed by atoms with van der Waals surface area (Å²) >= 11 is 0. The standard InChI is InChI=1S/C14H18O2/c1-10(2)11(3)12-6-4-5-7-13(12)14-15-8-9-16-14/h4-7,14H,8-9H2,1-3H3. The first-order valence-electron chi connectivity index (χ1n) is 5.66. The second kappa shape index (κ2) is 4.81. The lowest BCUT2D eigenvalue weighted by Crippen LogP contribution is -2.02. The maximum absolute atomic E-state index is 5.56. The van der Waals surface area contributed by atoms with Crippen LogP contribution in [0.4, 0.5) is 0 Å². The van der Waals surface area contributed by atoms with E-state index in [4.69, 9.17) is 9.47 Å². The van der Waals surface area contributed by atoms with Crippen molar-refractivity contribution in [2.24, 2.45) is 0 Å². The number of benzene rings is 1. The Morgan fingerprint density at radius 1 is 1.06 bits per heavy atom. The average Bonchev–Trinajstić information content (AvgIpc) is 2.81. The highest BCUT2D eigenvalue weighted by molar-refractivity contribution is 5.69. The highest BCUT2D eigenvalue weighted by Gasteiger charge is 2.21. The minimum Gasteiger partial charge on any atom is -0.346 e. The minimum atomic E-state index is -0.189. The van der Waals surface area contributed by atoms with Crippen LogP contribution in [0.5, 0.6) is 0 Å². The summed E-state index contributed by atoms with van der Waals surface area (Å²) in [5, 5.41) is 0. The van der Waals surface area contributed by atoms with Crippen LogP contribution in [0.15, 0.2) is 29.8 Å². The van der Waals surface area contributed by atoms with Crippen LogP contribution in [0.3, 0.4) is 0 Å². The molecule has 1 aromatic carbocycles. The van der Waals surface area contributed by atoms with Crippen LogP contribution in [0.25, 0.3) is 5.57 Å². The van der Waals surface area contributed by atoms with Crippen molar-refractivity contribution in [2.45, 2.75) is 27.1 Å². The van der Waals surface area contributed by atoms with Gasteiger partial charge in [0.25, 0.3) is 0 Å². The van der Waals surface area contributed by atoms with Crippen molar-refractivity contribution in [1.29, 1.82) is 0 Å². The highest BCUT2D eigenvalue weighted by atomic mass is 16.7. The molecule has 86 valence electrons. The summed E-state index contributed by atoms with van der Waals surface area (Å²) in [4.78, 5) is 0. The molecule has 0 atom stereocenters. The fourth-order valence-corrected chi connectivity index (χ4v) is 1.85. The Labute approximate surface area is 96.9 Å². The van der Waals surface area contributed by atoms with Gasteiger partial charge in [-0.15, -0.1) is 0 Å². The van der Waals surface area contributed by atoms with Crippen LogP contribution in [-0.4, -0.2) is 13.2 Å². The van der Waals surface area contributed by atoms with E-state index in [9.17, 15) is 0 Å². The van der Waals surface area contributed by atoms with Crippen LogP contribution in [0.2, 0.25) is 0 Å². The van der Waals surface area contributed by atoms with E-state index in [-0.39, 0.29) is 6.29 Å². The van der Waals surface area contributed by atoms with Gasteiger partial charge in [-0.2, -0.15) is 0 Å². The summed E-state index contributed by atoms with van der Waals surface area (Å²) in [5.74, 6) is 0. The molecule has 0 radical (unpaired) electrons. The van der Waals surface area contributed by atoms with Crippen molar-refractivity contribution in [3.63, 3.8) is 0 Å². The normalized spacial score (nSPS) is 16.4. The number of rotatable bonds is 2. The smallest absolute Gasteiger partial charge is 0.184 e. The summed E-state index contributed by atoms with van der Waals surface area (Å²) in [6, 6.07) is 8.29. The molecule has 16 heavy (non-hydrogen) atoms. The van der Waals surface area contributed by atoms with Crippen molar-refractivity contribution in [2.75, 3.05) is 13.2 Å². The molecule has 0 spiro atoms.